The van der Waals surface area contributed by atoms with Gasteiger partial charge in [-0.25, -0.2) is 0 Å². The van der Waals surface area contributed by atoms with Crippen molar-refractivity contribution >= 4 is 11.8 Å². The van der Waals surface area contributed by atoms with E-state index >= 15 is 0 Å². The molecule has 1 aliphatic heterocycles. The molecule has 262 valence electrons. The van der Waals surface area contributed by atoms with Gasteiger partial charge in [0.25, 0.3) is 0 Å². The van der Waals surface area contributed by atoms with Gasteiger partial charge in [-0.2, -0.15) is 0 Å². The van der Waals surface area contributed by atoms with Gasteiger partial charge >= 0.3 is 5.97 Å². The normalized spacial score (nSPS) is 47.2. The van der Waals surface area contributed by atoms with Gasteiger partial charge in [0.05, 0.1) is 23.3 Å². The van der Waals surface area contributed by atoms with Gasteiger partial charge in [0.1, 0.15) is 6.10 Å². The molecule has 9 nitrogen and oxygen atoms in total. The highest BCUT2D eigenvalue weighted by Gasteiger charge is 2.85. The predicted octanol–water partition coefficient (Wildman–Crippen LogP) is 4.71. The maximum Gasteiger partial charge on any atom is 0.303 e. The van der Waals surface area contributed by atoms with Crippen LogP contribution in [0.25, 0.3) is 0 Å². The second-order valence-corrected chi connectivity index (χ2v) is 17.8. The van der Waals surface area contributed by atoms with Crippen LogP contribution in [0.3, 0.4) is 0 Å². The molecule has 0 amide bonds. The van der Waals surface area contributed by atoms with Crippen LogP contribution >= 0.6 is 0 Å². The van der Waals surface area contributed by atoms with E-state index in [4.69, 9.17) is 24.7 Å². The van der Waals surface area contributed by atoms with Crippen LogP contribution in [0.4, 0.5) is 0 Å². The minimum atomic E-state index is -1.31. The topological polar surface area (TPSA) is 121 Å². The lowest BCUT2D eigenvalue weighted by Crippen LogP contribution is -2.69. The van der Waals surface area contributed by atoms with E-state index in [9.17, 15) is 14.7 Å². The number of carbonyl (C=O) groups excluding carboxylic acids is 2. The number of hydrogen-bond donors (Lipinski definition) is 2. The Labute approximate surface area is 277 Å². The van der Waals surface area contributed by atoms with Crippen molar-refractivity contribution in [3.05, 3.63) is 0 Å². The Morgan fingerprint density at radius 1 is 1.13 bits per heavy atom. The third-order valence-corrected chi connectivity index (χ3v) is 14.9. The highest BCUT2D eigenvalue weighted by molar-refractivity contribution is 5.97. The van der Waals surface area contributed by atoms with E-state index in [0.717, 1.165) is 58.0 Å². The largest absolute Gasteiger partial charge is 0.457 e. The van der Waals surface area contributed by atoms with Gasteiger partial charge in [0.2, 0.25) is 0 Å². The summed E-state index contributed by atoms with van der Waals surface area (Å²) in [5.41, 5.74) is 5.28. The van der Waals surface area contributed by atoms with Crippen molar-refractivity contribution in [2.45, 2.75) is 149 Å². The van der Waals surface area contributed by atoms with Gasteiger partial charge in [-0.3, -0.25) is 9.59 Å². The van der Waals surface area contributed by atoms with E-state index in [2.05, 4.69) is 46.6 Å². The lowest BCUT2D eigenvalue weighted by molar-refractivity contribution is -0.224. The number of methoxy groups -OCH3 is 1. The first kappa shape index (κ1) is 34.8. The second-order valence-electron chi connectivity index (χ2n) is 17.8. The monoisotopic (exact) mass is 646 g/mol. The van der Waals surface area contributed by atoms with E-state index in [-0.39, 0.29) is 57.6 Å². The van der Waals surface area contributed by atoms with Crippen molar-refractivity contribution in [1.82, 2.24) is 4.90 Å². The van der Waals surface area contributed by atoms with Gasteiger partial charge in [0, 0.05) is 26.5 Å². The molecule has 13 unspecified atom stereocenters. The quantitative estimate of drug-likeness (QED) is 0.271. The van der Waals surface area contributed by atoms with Crippen molar-refractivity contribution in [2.75, 3.05) is 27.2 Å². The zero-order valence-corrected chi connectivity index (χ0v) is 30.2. The number of ether oxygens (including phenoxy) is 4. The lowest BCUT2D eigenvalue weighted by Gasteiger charge is -2.62. The average molecular weight is 647 g/mol. The molecule has 5 aliphatic carbocycles. The highest BCUT2D eigenvalue weighted by Crippen LogP contribution is 2.87. The summed E-state index contributed by atoms with van der Waals surface area (Å²) in [5.74, 6) is 0.342. The number of Topliss-reactive ketones (excluding diaryl/α,β-unsaturated/α-hetero) is 1. The minimum Gasteiger partial charge on any atom is -0.457 e. The van der Waals surface area contributed by atoms with E-state index in [0.29, 0.717) is 12.3 Å². The van der Waals surface area contributed by atoms with Crippen LogP contribution in [0.15, 0.2) is 0 Å². The first-order valence-electron chi connectivity index (χ1n) is 18.1. The first-order chi connectivity index (χ1) is 21.3. The molecule has 0 aromatic heterocycles. The summed E-state index contributed by atoms with van der Waals surface area (Å²) in [6, 6.07) is 0. The molecule has 9 heteroatoms. The van der Waals surface area contributed by atoms with Crippen LogP contribution in [-0.2, 0) is 28.5 Å². The van der Waals surface area contributed by atoms with Gasteiger partial charge in [-0.05, 0) is 118 Å². The molecular weight excluding hydrogens is 584 g/mol. The minimum absolute atomic E-state index is 0.00128. The summed E-state index contributed by atoms with van der Waals surface area (Å²) < 4.78 is 24.8. The third kappa shape index (κ3) is 4.68. The van der Waals surface area contributed by atoms with Gasteiger partial charge in [0.15, 0.2) is 18.2 Å². The van der Waals surface area contributed by atoms with Crippen molar-refractivity contribution in [3.63, 3.8) is 0 Å². The van der Waals surface area contributed by atoms with E-state index < -0.39 is 35.4 Å². The van der Waals surface area contributed by atoms with Gasteiger partial charge in [-0.15, -0.1) is 0 Å². The average Bonchev–Trinajstić information content (AvgIpc) is 3.60. The number of fused-ring (bicyclic) bond motifs is 4. The molecule has 6 rings (SSSR count). The summed E-state index contributed by atoms with van der Waals surface area (Å²) in [4.78, 5) is 29.1. The molecule has 3 N–H and O–H groups in total. The fraction of sp³-hybridized carbons (Fsp3) is 0.946. The predicted molar refractivity (Wildman–Crippen MR) is 175 cm³/mol. The number of aliphatic hydroxyl groups is 1. The Hall–Kier alpha value is -1.10. The molecule has 2 spiro atoms. The second kappa shape index (κ2) is 11.2. The molecule has 0 bridgehead atoms. The van der Waals surface area contributed by atoms with Crippen molar-refractivity contribution in [1.29, 1.82) is 0 Å². The third-order valence-electron chi connectivity index (χ3n) is 14.9. The summed E-state index contributed by atoms with van der Waals surface area (Å²) >= 11 is 0. The Kier molecular flexibility index (Phi) is 8.47. The van der Waals surface area contributed by atoms with Crippen molar-refractivity contribution in [3.8, 4) is 0 Å². The molecule has 1 heterocycles. The first-order valence-corrected chi connectivity index (χ1v) is 18.1. The van der Waals surface area contributed by atoms with Crippen LogP contribution in [-0.4, -0.2) is 90.9 Å². The molecule has 13 atom stereocenters. The van der Waals surface area contributed by atoms with Crippen LogP contribution < -0.4 is 5.73 Å². The fourth-order valence-corrected chi connectivity index (χ4v) is 12.7. The number of rotatable bonds is 9. The highest BCUT2D eigenvalue weighted by atomic mass is 16.7. The summed E-state index contributed by atoms with van der Waals surface area (Å²) in [6.07, 6.45) is 5.69. The molecular formula is C37H62N2O7. The smallest absolute Gasteiger partial charge is 0.303 e. The molecule has 6 aliphatic rings. The number of ketones is 1. The van der Waals surface area contributed by atoms with Crippen LogP contribution in [0.5, 0.6) is 0 Å². The fourth-order valence-electron chi connectivity index (χ4n) is 12.7. The Bertz CT molecular complexity index is 1220. The van der Waals surface area contributed by atoms with Crippen LogP contribution in [0.1, 0.15) is 107 Å². The number of esters is 1. The molecule has 46 heavy (non-hydrogen) atoms. The van der Waals surface area contributed by atoms with E-state index in [1.165, 1.54) is 6.92 Å². The van der Waals surface area contributed by atoms with Gasteiger partial charge < -0.3 is 34.7 Å². The molecule has 6 fully saturated rings. The SMILES string of the molecule is CCN(C)CC(OC)OC1CCC23CC24CCC2(C)C5C(C)CC(C(OC(C)=O)C(C)(C)O)OC5C(=O)C2(N)C4CCC3C1(C)C. The molecule has 1 saturated heterocycles. The Morgan fingerprint density at radius 3 is 2.39 bits per heavy atom. The number of carbonyl (C=O) groups is 2. The van der Waals surface area contributed by atoms with E-state index in [1.54, 1.807) is 21.0 Å². The summed E-state index contributed by atoms with van der Waals surface area (Å²) in [6.45, 7) is 17.8. The maximum absolute atomic E-state index is 14.8. The summed E-state index contributed by atoms with van der Waals surface area (Å²) in [5, 5.41) is 11.0. The zero-order valence-electron chi connectivity index (χ0n) is 30.2. The molecule has 5 saturated carbocycles. The van der Waals surface area contributed by atoms with Crippen LogP contribution in [0.2, 0.25) is 0 Å². The number of nitrogens with zero attached hydrogens (tertiary/aromatic N) is 1. The number of nitrogens with two attached hydrogens (primary N) is 1. The van der Waals surface area contributed by atoms with Crippen LogP contribution in [0, 0.1) is 45.3 Å². The maximum atomic E-state index is 14.8. The number of likely N-dealkylation sites (N-methyl/N-ethyl adjacent to an activating group) is 1. The zero-order chi connectivity index (χ0) is 33.8. The standard InChI is InChI=1S/C37H62N2O7/c1-11-39(9)19-27(43-10)46-26-14-15-35-20-36(35)17-16-34(8)28-21(2)18-23(31(33(6,7)42)44-22(3)40)45-29(28)30(41)37(34,38)25(36)13-12-24(35)32(26,4)5/h21,23-29,31,42H,11-20,38H2,1-10H3. The Morgan fingerprint density at radius 2 is 1.78 bits per heavy atom. The van der Waals surface area contributed by atoms with E-state index in [1.807, 2.05) is 0 Å². The lowest BCUT2D eigenvalue weighted by atomic mass is 9.43. The van der Waals surface area contributed by atoms with Crippen molar-refractivity contribution < 1.29 is 33.6 Å². The Balaban J connectivity index is 1.27. The molecule has 0 aromatic carbocycles. The van der Waals surface area contributed by atoms with Crippen molar-refractivity contribution in [2.24, 2.45) is 51.1 Å². The molecule has 0 aromatic rings. The summed E-state index contributed by atoms with van der Waals surface area (Å²) in [7, 11) is 3.85. The van der Waals surface area contributed by atoms with Gasteiger partial charge in [-0.1, -0.05) is 34.6 Å². The number of hydrogen-bond acceptors (Lipinski definition) is 9. The molecule has 0 radical (unpaired) electrons.